The Kier molecular flexibility index (Phi) is 6.09. The fraction of sp³-hybridized carbons (Fsp3) is 0.235. The van der Waals surface area contributed by atoms with E-state index in [1.54, 1.807) is 39.5 Å². The molecule has 0 aromatic heterocycles. The van der Waals surface area contributed by atoms with E-state index in [2.05, 4.69) is 27.9 Å². The van der Waals surface area contributed by atoms with E-state index in [1.807, 2.05) is 18.2 Å². The number of methoxy groups -OCH3 is 3. The van der Waals surface area contributed by atoms with Gasteiger partial charge in [0.2, 0.25) is 0 Å². The summed E-state index contributed by atoms with van der Waals surface area (Å²) in [6.07, 6.45) is 0. The molecular weight excluding hydrogens is 409 g/mol. The van der Waals surface area contributed by atoms with E-state index in [0.29, 0.717) is 29.4 Å². The molecule has 2 aromatic rings. The van der Waals surface area contributed by atoms with E-state index in [1.165, 1.54) is 0 Å². The Hall–Kier alpha value is -1.96. The maximum Gasteiger partial charge on any atom is 0.251 e. The van der Waals surface area contributed by atoms with Crippen LogP contribution in [0.1, 0.15) is 15.9 Å². The van der Waals surface area contributed by atoms with Crippen molar-refractivity contribution in [2.75, 3.05) is 21.3 Å². The van der Waals surface area contributed by atoms with Crippen molar-refractivity contribution in [1.29, 1.82) is 0 Å². The zero-order valence-electron chi connectivity index (χ0n) is 13.2. The number of carbonyl (C=O) groups excluding carboxylic acids is 1. The van der Waals surface area contributed by atoms with Gasteiger partial charge in [0.1, 0.15) is 5.75 Å². The van der Waals surface area contributed by atoms with Crippen LogP contribution >= 0.6 is 22.6 Å². The van der Waals surface area contributed by atoms with Crippen LogP contribution in [0, 0.1) is 3.57 Å². The van der Waals surface area contributed by atoms with Crippen LogP contribution in [-0.2, 0) is 6.54 Å². The number of carbonyl (C=O) groups is 1. The Labute approximate surface area is 149 Å². The van der Waals surface area contributed by atoms with E-state index in [-0.39, 0.29) is 5.91 Å². The minimum absolute atomic E-state index is 0.139. The van der Waals surface area contributed by atoms with Gasteiger partial charge in [-0.05, 0) is 46.9 Å². The van der Waals surface area contributed by atoms with Crippen LogP contribution in [0.4, 0.5) is 0 Å². The third-order valence-electron chi connectivity index (χ3n) is 3.31. The Balaban J connectivity index is 2.17. The molecule has 0 bridgehead atoms. The molecule has 6 heteroatoms. The highest BCUT2D eigenvalue weighted by atomic mass is 127. The first kappa shape index (κ1) is 17.4. The third kappa shape index (κ3) is 4.28. The zero-order valence-corrected chi connectivity index (χ0v) is 15.3. The van der Waals surface area contributed by atoms with Gasteiger partial charge in [0.15, 0.2) is 11.5 Å². The molecule has 0 saturated heterocycles. The summed E-state index contributed by atoms with van der Waals surface area (Å²) in [5.74, 6) is 1.66. The first-order chi connectivity index (χ1) is 11.1. The Bertz CT molecular complexity index is 703. The molecule has 0 aliphatic rings. The SMILES string of the molecule is COc1cc(OC)c(OC)cc1CNC(=O)c1cccc(I)c1. The third-order valence-corrected chi connectivity index (χ3v) is 3.98. The first-order valence-corrected chi connectivity index (χ1v) is 7.99. The quantitative estimate of drug-likeness (QED) is 0.720. The van der Waals surface area contributed by atoms with Crippen LogP contribution in [-0.4, -0.2) is 27.2 Å². The highest BCUT2D eigenvalue weighted by Crippen LogP contribution is 2.34. The molecule has 2 aromatic carbocycles. The topological polar surface area (TPSA) is 56.8 Å². The number of hydrogen-bond acceptors (Lipinski definition) is 4. The van der Waals surface area contributed by atoms with Gasteiger partial charge in [-0.1, -0.05) is 6.07 Å². The average molecular weight is 427 g/mol. The summed E-state index contributed by atoms with van der Waals surface area (Å²) in [5.41, 5.74) is 1.43. The predicted octanol–water partition coefficient (Wildman–Crippen LogP) is 3.25. The maximum absolute atomic E-state index is 12.2. The number of amides is 1. The predicted molar refractivity (Wildman–Crippen MR) is 96.4 cm³/mol. The molecule has 0 heterocycles. The molecule has 23 heavy (non-hydrogen) atoms. The van der Waals surface area contributed by atoms with Crippen molar-refractivity contribution < 1.29 is 19.0 Å². The monoisotopic (exact) mass is 427 g/mol. The molecule has 0 fully saturated rings. The fourth-order valence-electron chi connectivity index (χ4n) is 2.14. The van der Waals surface area contributed by atoms with Gasteiger partial charge in [0.25, 0.3) is 5.91 Å². The van der Waals surface area contributed by atoms with Crippen molar-refractivity contribution in [3.8, 4) is 17.2 Å². The smallest absolute Gasteiger partial charge is 0.251 e. The van der Waals surface area contributed by atoms with Crippen molar-refractivity contribution in [3.05, 3.63) is 51.1 Å². The largest absolute Gasteiger partial charge is 0.496 e. The van der Waals surface area contributed by atoms with Crippen LogP contribution in [0.15, 0.2) is 36.4 Å². The van der Waals surface area contributed by atoms with Gasteiger partial charge in [0.05, 0.1) is 21.3 Å². The lowest BCUT2D eigenvalue weighted by Crippen LogP contribution is -2.23. The van der Waals surface area contributed by atoms with Gasteiger partial charge in [-0.2, -0.15) is 0 Å². The summed E-state index contributed by atoms with van der Waals surface area (Å²) in [4.78, 5) is 12.2. The van der Waals surface area contributed by atoms with E-state index in [9.17, 15) is 4.79 Å². The van der Waals surface area contributed by atoms with Crippen LogP contribution in [0.25, 0.3) is 0 Å². The van der Waals surface area contributed by atoms with Crippen molar-refractivity contribution >= 4 is 28.5 Å². The Morgan fingerprint density at radius 3 is 2.26 bits per heavy atom. The number of benzene rings is 2. The molecule has 0 aliphatic heterocycles. The molecule has 0 spiro atoms. The lowest BCUT2D eigenvalue weighted by atomic mass is 10.1. The van der Waals surface area contributed by atoms with E-state index in [0.717, 1.165) is 9.13 Å². The van der Waals surface area contributed by atoms with E-state index < -0.39 is 0 Å². The van der Waals surface area contributed by atoms with E-state index >= 15 is 0 Å². The fourth-order valence-corrected chi connectivity index (χ4v) is 2.68. The minimum Gasteiger partial charge on any atom is -0.496 e. The zero-order chi connectivity index (χ0) is 16.8. The Morgan fingerprint density at radius 2 is 1.65 bits per heavy atom. The van der Waals surface area contributed by atoms with Crippen molar-refractivity contribution in [2.24, 2.45) is 0 Å². The second-order valence-corrected chi connectivity index (χ2v) is 5.96. The molecule has 0 saturated carbocycles. The highest BCUT2D eigenvalue weighted by molar-refractivity contribution is 14.1. The van der Waals surface area contributed by atoms with Gasteiger partial charge in [-0.25, -0.2) is 0 Å². The van der Waals surface area contributed by atoms with Crippen molar-refractivity contribution in [2.45, 2.75) is 6.54 Å². The average Bonchev–Trinajstić information content (AvgIpc) is 2.58. The molecule has 1 amide bonds. The summed E-state index contributed by atoms with van der Waals surface area (Å²) < 4.78 is 16.9. The summed E-state index contributed by atoms with van der Waals surface area (Å²) in [6.45, 7) is 0.327. The summed E-state index contributed by atoms with van der Waals surface area (Å²) in [5, 5.41) is 2.89. The summed E-state index contributed by atoms with van der Waals surface area (Å²) in [7, 11) is 4.71. The van der Waals surface area contributed by atoms with Crippen LogP contribution in [0.2, 0.25) is 0 Å². The molecule has 5 nitrogen and oxygen atoms in total. The maximum atomic E-state index is 12.2. The molecule has 122 valence electrons. The van der Waals surface area contributed by atoms with Crippen molar-refractivity contribution in [3.63, 3.8) is 0 Å². The normalized spacial score (nSPS) is 10.1. The molecule has 0 aliphatic carbocycles. The van der Waals surface area contributed by atoms with Gasteiger partial charge >= 0.3 is 0 Å². The van der Waals surface area contributed by atoms with Gasteiger partial charge in [-0.15, -0.1) is 0 Å². The van der Waals surface area contributed by atoms with Crippen LogP contribution < -0.4 is 19.5 Å². The molecular formula is C17H18INO4. The highest BCUT2D eigenvalue weighted by Gasteiger charge is 2.13. The Morgan fingerprint density at radius 1 is 1.00 bits per heavy atom. The lowest BCUT2D eigenvalue weighted by Gasteiger charge is -2.14. The van der Waals surface area contributed by atoms with Gasteiger partial charge < -0.3 is 19.5 Å². The molecule has 1 N–H and O–H groups in total. The first-order valence-electron chi connectivity index (χ1n) is 6.91. The van der Waals surface area contributed by atoms with Crippen LogP contribution in [0.5, 0.6) is 17.2 Å². The minimum atomic E-state index is -0.139. The van der Waals surface area contributed by atoms with Crippen molar-refractivity contribution in [1.82, 2.24) is 5.32 Å². The van der Waals surface area contributed by atoms with Gasteiger partial charge in [0, 0.05) is 27.3 Å². The molecule has 0 radical (unpaired) electrons. The number of rotatable bonds is 6. The summed E-state index contributed by atoms with van der Waals surface area (Å²) >= 11 is 2.18. The molecule has 2 rings (SSSR count). The molecule has 0 atom stereocenters. The number of nitrogens with one attached hydrogen (secondary N) is 1. The lowest BCUT2D eigenvalue weighted by molar-refractivity contribution is 0.0950. The second kappa shape index (κ2) is 8.05. The number of halogens is 1. The summed E-state index contributed by atoms with van der Waals surface area (Å²) in [6, 6.07) is 11.0. The van der Waals surface area contributed by atoms with Crippen LogP contribution in [0.3, 0.4) is 0 Å². The standard InChI is InChI=1S/C17H18INO4/c1-21-14-9-16(23-3)15(22-2)8-12(14)10-19-17(20)11-5-4-6-13(18)7-11/h4-9H,10H2,1-3H3,(H,19,20). The molecule has 0 unspecified atom stereocenters. The number of hydrogen-bond donors (Lipinski definition) is 1. The van der Waals surface area contributed by atoms with Gasteiger partial charge in [-0.3, -0.25) is 4.79 Å². The number of ether oxygens (including phenoxy) is 3. The second-order valence-electron chi connectivity index (χ2n) is 4.71. The van der Waals surface area contributed by atoms with E-state index in [4.69, 9.17) is 14.2 Å².